The molecule has 0 aliphatic carbocycles. The van der Waals surface area contributed by atoms with Crippen molar-refractivity contribution in [3.63, 3.8) is 0 Å². The second kappa shape index (κ2) is 6.43. The molecule has 2 atom stereocenters. The maximum Gasteiger partial charge on any atom is 0.253 e. The molecule has 2 fully saturated rings. The highest BCUT2D eigenvalue weighted by Gasteiger charge is 2.31. The van der Waals surface area contributed by atoms with E-state index in [1.807, 2.05) is 24.3 Å². The first-order chi connectivity index (χ1) is 9.74. The highest BCUT2D eigenvalue weighted by molar-refractivity contribution is 14.1. The van der Waals surface area contributed by atoms with Crippen LogP contribution in [0.3, 0.4) is 0 Å². The smallest absolute Gasteiger partial charge is 0.253 e. The predicted molar refractivity (Wildman–Crippen MR) is 88.8 cm³/mol. The predicted octanol–water partition coefficient (Wildman–Crippen LogP) is 2.90. The summed E-state index contributed by atoms with van der Waals surface area (Å²) < 4.78 is 1.12. The third kappa shape index (κ3) is 3.17. The van der Waals surface area contributed by atoms with E-state index in [9.17, 15) is 4.79 Å². The standard InChI is InChI=1S/C16H21IN2O/c17-14-6-1-4-12(10-14)16(20)19-9-3-5-13(11-19)15-7-2-8-18-15/h1,4,6,10,13,15,18H,2-3,5,7-9,11H2. The van der Waals surface area contributed by atoms with Crippen LogP contribution in [0.25, 0.3) is 0 Å². The van der Waals surface area contributed by atoms with Gasteiger partial charge in [-0.1, -0.05) is 6.07 Å². The fourth-order valence-electron chi connectivity index (χ4n) is 3.44. The first-order valence-electron chi connectivity index (χ1n) is 7.52. The molecule has 2 aliphatic heterocycles. The van der Waals surface area contributed by atoms with Gasteiger partial charge in [0.15, 0.2) is 0 Å². The largest absolute Gasteiger partial charge is 0.338 e. The van der Waals surface area contributed by atoms with E-state index in [1.54, 1.807) is 0 Å². The van der Waals surface area contributed by atoms with Crippen LogP contribution in [-0.2, 0) is 0 Å². The maximum atomic E-state index is 12.6. The number of benzene rings is 1. The fraction of sp³-hybridized carbons (Fsp3) is 0.562. The van der Waals surface area contributed by atoms with Crippen LogP contribution in [0.4, 0.5) is 0 Å². The van der Waals surface area contributed by atoms with Gasteiger partial charge in [0.2, 0.25) is 0 Å². The molecule has 0 saturated carbocycles. The Labute approximate surface area is 134 Å². The third-order valence-electron chi connectivity index (χ3n) is 4.48. The molecule has 1 N–H and O–H groups in total. The molecule has 0 spiro atoms. The summed E-state index contributed by atoms with van der Waals surface area (Å²) in [7, 11) is 0. The number of halogens is 1. The number of piperidine rings is 1. The lowest BCUT2D eigenvalue weighted by Crippen LogP contribution is -2.45. The summed E-state index contributed by atoms with van der Waals surface area (Å²) in [6, 6.07) is 8.54. The Morgan fingerprint density at radius 3 is 2.95 bits per heavy atom. The van der Waals surface area contributed by atoms with Gasteiger partial charge in [-0.2, -0.15) is 0 Å². The molecule has 0 radical (unpaired) electrons. The number of carbonyl (C=O) groups is 1. The van der Waals surface area contributed by atoms with Crippen molar-refractivity contribution >= 4 is 28.5 Å². The first-order valence-corrected chi connectivity index (χ1v) is 8.60. The number of rotatable bonds is 2. The molecule has 20 heavy (non-hydrogen) atoms. The van der Waals surface area contributed by atoms with E-state index in [2.05, 4.69) is 32.8 Å². The van der Waals surface area contributed by atoms with Crippen molar-refractivity contribution in [2.24, 2.45) is 5.92 Å². The number of likely N-dealkylation sites (tertiary alicyclic amines) is 1. The Hall–Kier alpha value is -0.620. The molecule has 1 amide bonds. The van der Waals surface area contributed by atoms with Crippen molar-refractivity contribution in [2.75, 3.05) is 19.6 Å². The van der Waals surface area contributed by atoms with Crippen molar-refractivity contribution < 1.29 is 4.79 Å². The van der Waals surface area contributed by atoms with Crippen LogP contribution >= 0.6 is 22.6 Å². The second-order valence-corrected chi connectivity index (χ2v) is 7.11. The van der Waals surface area contributed by atoms with Gasteiger partial charge in [-0.05, 0) is 78.9 Å². The molecule has 3 rings (SSSR count). The number of hydrogen-bond acceptors (Lipinski definition) is 2. The van der Waals surface area contributed by atoms with Gasteiger partial charge in [0, 0.05) is 28.3 Å². The highest BCUT2D eigenvalue weighted by atomic mass is 127. The number of nitrogens with zero attached hydrogens (tertiary/aromatic N) is 1. The normalized spacial score (nSPS) is 26.8. The zero-order valence-electron chi connectivity index (χ0n) is 11.6. The summed E-state index contributed by atoms with van der Waals surface area (Å²) in [6.45, 7) is 2.97. The quantitative estimate of drug-likeness (QED) is 0.796. The summed E-state index contributed by atoms with van der Waals surface area (Å²) in [5, 5.41) is 3.60. The van der Waals surface area contributed by atoms with Crippen molar-refractivity contribution in [1.82, 2.24) is 10.2 Å². The molecule has 3 nitrogen and oxygen atoms in total. The molecule has 0 bridgehead atoms. The summed E-state index contributed by atoms with van der Waals surface area (Å²) in [4.78, 5) is 14.7. The fourth-order valence-corrected chi connectivity index (χ4v) is 3.98. The number of nitrogens with one attached hydrogen (secondary N) is 1. The van der Waals surface area contributed by atoms with Crippen LogP contribution in [0.2, 0.25) is 0 Å². The highest BCUT2D eigenvalue weighted by Crippen LogP contribution is 2.25. The van der Waals surface area contributed by atoms with Gasteiger partial charge in [-0.3, -0.25) is 4.79 Å². The number of amides is 1. The van der Waals surface area contributed by atoms with Crippen LogP contribution < -0.4 is 5.32 Å². The number of carbonyl (C=O) groups excluding carboxylic acids is 1. The topological polar surface area (TPSA) is 32.3 Å². The van der Waals surface area contributed by atoms with E-state index in [0.29, 0.717) is 12.0 Å². The minimum absolute atomic E-state index is 0.200. The van der Waals surface area contributed by atoms with E-state index in [4.69, 9.17) is 0 Å². The lowest BCUT2D eigenvalue weighted by molar-refractivity contribution is 0.0651. The van der Waals surface area contributed by atoms with Crippen molar-refractivity contribution in [2.45, 2.75) is 31.7 Å². The lowest BCUT2D eigenvalue weighted by Gasteiger charge is -2.36. The Morgan fingerprint density at radius 1 is 1.30 bits per heavy atom. The molecule has 108 valence electrons. The monoisotopic (exact) mass is 384 g/mol. The second-order valence-electron chi connectivity index (χ2n) is 5.87. The zero-order chi connectivity index (χ0) is 13.9. The van der Waals surface area contributed by atoms with E-state index >= 15 is 0 Å². The molecular weight excluding hydrogens is 363 g/mol. The summed E-state index contributed by atoms with van der Waals surface area (Å²) >= 11 is 2.26. The van der Waals surface area contributed by atoms with Crippen molar-refractivity contribution in [1.29, 1.82) is 0 Å². The SMILES string of the molecule is O=C(c1cccc(I)c1)N1CCCC(C2CCCN2)C1. The van der Waals surface area contributed by atoms with Crippen LogP contribution in [0.5, 0.6) is 0 Å². The molecule has 2 heterocycles. The average molecular weight is 384 g/mol. The molecular formula is C16H21IN2O. The summed E-state index contributed by atoms with van der Waals surface area (Å²) in [6.07, 6.45) is 4.95. The molecule has 4 heteroatoms. The van der Waals surface area contributed by atoms with Crippen LogP contribution in [0.1, 0.15) is 36.0 Å². The van der Waals surface area contributed by atoms with E-state index in [-0.39, 0.29) is 5.91 Å². The van der Waals surface area contributed by atoms with E-state index in [0.717, 1.165) is 35.2 Å². The minimum Gasteiger partial charge on any atom is -0.338 e. The van der Waals surface area contributed by atoms with E-state index in [1.165, 1.54) is 19.3 Å². The van der Waals surface area contributed by atoms with Gasteiger partial charge in [0.05, 0.1) is 0 Å². The maximum absolute atomic E-state index is 12.6. The van der Waals surface area contributed by atoms with Gasteiger partial charge >= 0.3 is 0 Å². The Morgan fingerprint density at radius 2 is 2.20 bits per heavy atom. The van der Waals surface area contributed by atoms with Crippen LogP contribution in [-0.4, -0.2) is 36.5 Å². The summed E-state index contributed by atoms with van der Waals surface area (Å²) in [5.74, 6) is 0.837. The van der Waals surface area contributed by atoms with E-state index < -0.39 is 0 Å². The molecule has 2 aliphatic rings. The molecule has 2 saturated heterocycles. The summed E-state index contributed by atoms with van der Waals surface area (Å²) in [5.41, 5.74) is 0.830. The minimum atomic E-state index is 0.200. The van der Waals surface area contributed by atoms with Crippen LogP contribution in [0.15, 0.2) is 24.3 Å². The Kier molecular flexibility index (Phi) is 4.61. The van der Waals surface area contributed by atoms with Crippen molar-refractivity contribution in [3.8, 4) is 0 Å². The molecule has 1 aromatic rings. The number of hydrogen-bond donors (Lipinski definition) is 1. The van der Waals surface area contributed by atoms with Gasteiger partial charge in [0.1, 0.15) is 0 Å². The molecule has 2 unspecified atom stereocenters. The van der Waals surface area contributed by atoms with Gasteiger partial charge in [0.25, 0.3) is 5.91 Å². The van der Waals surface area contributed by atoms with Gasteiger partial charge < -0.3 is 10.2 Å². The average Bonchev–Trinajstić information content (AvgIpc) is 3.01. The zero-order valence-corrected chi connectivity index (χ0v) is 13.8. The Bertz CT molecular complexity index is 485. The van der Waals surface area contributed by atoms with Gasteiger partial charge in [-0.15, -0.1) is 0 Å². The Balaban J connectivity index is 1.68. The molecule has 0 aromatic heterocycles. The van der Waals surface area contributed by atoms with Crippen LogP contribution in [0, 0.1) is 9.49 Å². The first kappa shape index (κ1) is 14.3. The van der Waals surface area contributed by atoms with Crippen molar-refractivity contribution in [3.05, 3.63) is 33.4 Å². The van der Waals surface area contributed by atoms with Gasteiger partial charge in [-0.25, -0.2) is 0 Å². The molecule has 1 aromatic carbocycles. The lowest BCUT2D eigenvalue weighted by atomic mass is 9.89. The third-order valence-corrected chi connectivity index (χ3v) is 5.16.